The van der Waals surface area contributed by atoms with E-state index in [-0.39, 0.29) is 18.2 Å². The Morgan fingerprint density at radius 2 is 2.18 bits per heavy atom. The van der Waals surface area contributed by atoms with Crippen molar-refractivity contribution in [1.29, 1.82) is 0 Å². The third-order valence-electron chi connectivity index (χ3n) is 3.43. The van der Waals surface area contributed by atoms with Crippen LogP contribution in [0.4, 0.5) is 4.39 Å². The van der Waals surface area contributed by atoms with Crippen molar-refractivity contribution in [3.05, 3.63) is 35.3 Å². The molecule has 1 aromatic heterocycles. The molecule has 0 amide bonds. The Morgan fingerprint density at radius 1 is 1.41 bits per heavy atom. The third-order valence-corrected chi connectivity index (χ3v) is 3.43. The molecule has 0 fully saturated rings. The lowest BCUT2D eigenvalue weighted by Gasteiger charge is -2.24. The molecule has 3 rings (SSSR count). The van der Waals surface area contributed by atoms with E-state index in [1.165, 1.54) is 5.69 Å². The van der Waals surface area contributed by atoms with Crippen LogP contribution in [-0.2, 0) is 6.54 Å². The van der Waals surface area contributed by atoms with Gasteiger partial charge in [0.15, 0.2) is 0 Å². The van der Waals surface area contributed by atoms with Crippen LogP contribution in [0.15, 0.2) is 18.2 Å². The first kappa shape index (κ1) is 12.4. The zero-order valence-electron chi connectivity index (χ0n) is 9.96. The topological polar surface area (TPSA) is 17.0 Å². The average Bonchev–Trinajstić information content (AvgIpc) is 2.65. The molecular formula is C13H16ClFN2. The molecule has 1 aromatic carbocycles. The second kappa shape index (κ2) is 4.31. The van der Waals surface area contributed by atoms with E-state index in [0.717, 1.165) is 29.6 Å². The van der Waals surface area contributed by atoms with E-state index in [1.807, 2.05) is 13.0 Å². The zero-order chi connectivity index (χ0) is 11.3. The van der Waals surface area contributed by atoms with Crippen LogP contribution in [-0.4, -0.2) is 11.1 Å². The average molecular weight is 255 g/mol. The summed E-state index contributed by atoms with van der Waals surface area (Å²) >= 11 is 0. The summed E-state index contributed by atoms with van der Waals surface area (Å²) in [5.74, 6) is -0.111. The first-order valence-electron chi connectivity index (χ1n) is 5.68. The van der Waals surface area contributed by atoms with Crippen LogP contribution in [0.3, 0.4) is 0 Å². The van der Waals surface area contributed by atoms with E-state index in [9.17, 15) is 4.39 Å². The molecule has 0 bridgehead atoms. The number of hydrogen-bond acceptors (Lipinski definition) is 1. The summed E-state index contributed by atoms with van der Waals surface area (Å²) in [5, 5.41) is 4.39. The van der Waals surface area contributed by atoms with Gasteiger partial charge in [-0.3, -0.25) is 0 Å². The van der Waals surface area contributed by atoms with E-state index in [2.05, 4.69) is 22.9 Å². The zero-order valence-corrected chi connectivity index (χ0v) is 10.8. The van der Waals surface area contributed by atoms with Gasteiger partial charge in [-0.05, 0) is 31.5 Å². The quantitative estimate of drug-likeness (QED) is 0.764. The molecule has 1 atom stereocenters. The summed E-state index contributed by atoms with van der Waals surface area (Å²) < 4.78 is 16.1. The van der Waals surface area contributed by atoms with Gasteiger partial charge in [-0.1, -0.05) is 6.07 Å². The Labute approximate surface area is 106 Å². The SMILES string of the molecule is Cc1ccc(F)c2c1cc1n2C(C)CNC1.Cl. The lowest BCUT2D eigenvalue weighted by Crippen LogP contribution is -2.31. The minimum Gasteiger partial charge on any atom is -0.337 e. The van der Waals surface area contributed by atoms with Crippen LogP contribution in [0.5, 0.6) is 0 Å². The summed E-state index contributed by atoms with van der Waals surface area (Å²) in [5.41, 5.74) is 3.09. The predicted octanol–water partition coefficient (Wildman–Crippen LogP) is 3.17. The normalized spacial score (nSPS) is 18.9. The van der Waals surface area contributed by atoms with Crippen molar-refractivity contribution < 1.29 is 4.39 Å². The standard InChI is InChI=1S/C13H15FN2.ClH/c1-8-3-4-12(14)13-11(8)5-10-7-15-6-9(2)16(10)13;/h3-5,9,15H,6-7H2,1-2H3;1H. The molecule has 92 valence electrons. The van der Waals surface area contributed by atoms with E-state index in [1.54, 1.807) is 6.07 Å². The molecule has 1 unspecified atom stereocenters. The smallest absolute Gasteiger partial charge is 0.147 e. The largest absolute Gasteiger partial charge is 0.337 e. The molecule has 4 heteroatoms. The van der Waals surface area contributed by atoms with Gasteiger partial charge < -0.3 is 9.88 Å². The van der Waals surface area contributed by atoms with Gasteiger partial charge in [-0.25, -0.2) is 4.39 Å². The van der Waals surface area contributed by atoms with Gasteiger partial charge in [0.25, 0.3) is 0 Å². The van der Waals surface area contributed by atoms with E-state index < -0.39 is 0 Å². The van der Waals surface area contributed by atoms with Crippen molar-refractivity contribution in [2.75, 3.05) is 6.54 Å². The van der Waals surface area contributed by atoms with Gasteiger partial charge in [0.2, 0.25) is 0 Å². The molecule has 2 nitrogen and oxygen atoms in total. The number of nitrogens with one attached hydrogen (secondary N) is 1. The highest BCUT2D eigenvalue weighted by Gasteiger charge is 2.20. The van der Waals surface area contributed by atoms with Crippen molar-refractivity contribution >= 4 is 23.3 Å². The van der Waals surface area contributed by atoms with Gasteiger partial charge in [0, 0.05) is 30.2 Å². The van der Waals surface area contributed by atoms with Crippen molar-refractivity contribution in [2.24, 2.45) is 0 Å². The monoisotopic (exact) mass is 254 g/mol. The van der Waals surface area contributed by atoms with Crippen molar-refractivity contribution in [3.8, 4) is 0 Å². The van der Waals surface area contributed by atoms with Gasteiger partial charge in [-0.15, -0.1) is 12.4 Å². The number of aromatic nitrogens is 1. The maximum atomic E-state index is 13.9. The van der Waals surface area contributed by atoms with Crippen LogP contribution in [0.1, 0.15) is 24.2 Å². The fraction of sp³-hybridized carbons (Fsp3) is 0.385. The van der Waals surface area contributed by atoms with E-state index in [0.29, 0.717) is 6.04 Å². The third kappa shape index (κ3) is 1.74. The fourth-order valence-corrected chi connectivity index (χ4v) is 2.63. The Balaban J connectivity index is 0.00000108. The molecule has 2 aromatic rings. The first-order valence-corrected chi connectivity index (χ1v) is 5.68. The maximum absolute atomic E-state index is 13.9. The Morgan fingerprint density at radius 3 is 2.94 bits per heavy atom. The van der Waals surface area contributed by atoms with Gasteiger partial charge in [0.05, 0.1) is 5.52 Å². The second-order valence-corrected chi connectivity index (χ2v) is 4.61. The van der Waals surface area contributed by atoms with Crippen molar-refractivity contribution in [2.45, 2.75) is 26.4 Å². The van der Waals surface area contributed by atoms with Gasteiger partial charge in [0.1, 0.15) is 5.82 Å². The van der Waals surface area contributed by atoms with Crippen LogP contribution < -0.4 is 5.32 Å². The molecular weight excluding hydrogens is 239 g/mol. The molecule has 1 aliphatic heterocycles. The number of halogens is 2. The second-order valence-electron chi connectivity index (χ2n) is 4.61. The lowest BCUT2D eigenvalue weighted by atomic mass is 10.1. The molecule has 0 saturated carbocycles. The molecule has 1 aliphatic rings. The molecule has 1 N–H and O–H groups in total. The van der Waals surface area contributed by atoms with Gasteiger partial charge in [-0.2, -0.15) is 0 Å². The highest BCUT2D eigenvalue weighted by atomic mass is 35.5. The summed E-state index contributed by atoms with van der Waals surface area (Å²) in [6, 6.07) is 5.84. The van der Waals surface area contributed by atoms with Crippen LogP contribution in [0, 0.1) is 12.7 Å². The summed E-state index contributed by atoms with van der Waals surface area (Å²) in [4.78, 5) is 0. The van der Waals surface area contributed by atoms with E-state index in [4.69, 9.17) is 0 Å². The summed E-state index contributed by atoms with van der Waals surface area (Å²) in [7, 11) is 0. The van der Waals surface area contributed by atoms with Crippen LogP contribution in [0.2, 0.25) is 0 Å². The first-order chi connectivity index (χ1) is 7.68. The Kier molecular flexibility index (Phi) is 3.15. The molecule has 17 heavy (non-hydrogen) atoms. The summed E-state index contributed by atoms with van der Waals surface area (Å²) in [6.07, 6.45) is 0. The number of benzene rings is 1. The van der Waals surface area contributed by atoms with Crippen LogP contribution >= 0.6 is 12.4 Å². The molecule has 0 aliphatic carbocycles. The number of fused-ring (bicyclic) bond motifs is 3. The Hall–Kier alpha value is -1.06. The number of rotatable bonds is 0. The highest BCUT2D eigenvalue weighted by molar-refractivity contribution is 5.86. The number of hydrogen-bond donors (Lipinski definition) is 1. The molecule has 0 saturated heterocycles. The van der Waals surface area contributed by atoms with Gasteiger partial charge >= 0.3 is 0 Å². The minimum absolute atomic E-state index is 0. The molecule has 0 spiro atoms. The maximum Gasteiger partial charge on any atom is 0.147 e. The Bertz CT molecular complexity index is 562. The van der Waals surface area contributed by atoms with Crippen molar-refractivity contribution in [3.63, 3.8) is 0 Å². The molecule has 2 heterocycles. The predicted molar refractivity (Wildman–Crippen MR) is 70.3 cm³/mol. The number of nitrogens with zero attached hydrogens (tertiary/aromatic N) is 1. The summed E-state index contributed by atoms with van der Waals surface area (Å²) in [6.45, 7) is 5.89. The minimum atomic E-state index is -0.111. The van der Waals surface area contributed by atoms with E-state index >= 15 is 0 Å². The van der Waals surface area contributed by atoms with Crippen molar-refractivity contribution in [1.82, 2.24) is 9.88 Å². The fourth-order valence-electron chi connectivity index (χ4n) is 2.63. The van der Waals surface area contributed by atoms with Crippen LogP contribution in [0.25, 0.3) is 10.9 Å². The number of aryl methyl sites for hydroxylation is 1. The highest BCUT2D eigenvalue weighted by Crippen LogP contribution is 2.30. The molecule has 0 radical (unpaired) electrons. The lowest BCUT2D eigenvalue weighted by molar-refractivity contribution is 0.435.